The molecule has 0 unspecified atom stereocenters. The van der Waals surface area contributed by atoms with Crippen LogP contribution >= 0.6 is 0 Å². The number of hydrogen-bond acceptors (Lipinski definition) is 2. The summed E-state index contributed by atoms with van der Waals surface area (Å²) in [5.74, 6) is -1.03. The minimum Gasteiger partial charge on any atom is -0.337 e. The lowest BCUT2D eigenvalue weighted by Crippen LogP contribution is -2.38. The second kappa shape index (κ2) is 8.81. The summed E-state index contributed by atoms with van der Waals surface area (Å²) in [5.41, 5.74) is -0.843. The van der Waals surface area contributed by atoms with E-state index in [0.717, 1.165) is 12.1 Å². The van der Waals surface area contributed by atoms with Gasteiger partial charge in [0, 0.05) is 10.9 Å². The Morgan fingerprint density at radius 1 is 0.794 bits per heavy atom. The quantitative estimate of drug-likeness (QED) is 0.325. The number of para-hydroxylation sites is 1. The number of benzene rings is 3. The number of nitrogens with zero attached hydrogens (tertiary/aromatic N) is 1. The topological polar surface area (TPSA) is 42.0 Å². The lowest BCUT2D eigenvalue weighted by atomic mass is 10.0. The van der Waals surface area contributed by atoms with E-state index in [1.807, 2.05) is 5.32 Å². The van der Waals surface area contributed by atoms with Crippen molar-refractivity contribution >= 4 is 16.8 Å². The number of alkyl halides is 6. The molecule has 0 spiro atoms. The Hall–Kier alpha value is -3.88. The SMILES string of the molecule is O=C(N[C@H](c1ccccc1)C(F)(F)F)c1cc(-c2cccc(C(F)(F)F)c2)nc2ccccc12. The van der Waals surface area contributed by atoms with E-state index in [0.29, 0.717) is 0 Å². The van der Waals surface area contributed by atoms with Crippen molar-refractivity contribution in [3.8, 4) is 11.3 Å². The van der Waals surface area contributed by atoms with Gasteiger partial charge in [-0.25, -0.2) is 4.98 Å². The van der Waals surface area contributed by atoms with E-state index in [2.05, 4.69) is 4.98 Å². The van der Waals surface area contributed by atoms with E-state index in [4.69, 9.17) is 0 Å². The van der Waals surface area contributed by atoms with Crippen molar-refractivity contribution in [3.63, 3.8) is 0 Å². The molecule has 0 aliphatic rings. The maximum absolute atomic E-state index is 13.8. The van der Waals surface area contributed by atoms with E-state index >= 15 is 0 Å². The van der Waals surface area contributed by atoms with E-state index in [1.54, 1.807) is 18.2 Å². The maximum atomic E-state index is 13.8. The Kier molecular flexibility index (Phi) is 6.03. The number of nitrogens with one attached hydrogen (secondary N) is 1. The number of hydrogen-bond donors (Lipinski definition) is 1. The van der Waals surface area contributed by atoms with Crippen LogP contribution in [-0.4, -0.2) is 17.1 Å². The number of carbonyl (C=O) groups excluding carboxylic acids is 1. The fraction of sp³-hybridized carbons (Fsp3) is 0.120. The first-order chi connectivity index (χ1) is 16.0. The first-order valence-corrected chi connectivity index (χ1v) is 10.0. The molecule has 1 aromatic heterocycles. The molecule has 3 nitrogen and oxygen atoms in total. The highest BCUT2D eigenvalue weighted by Crippen LogP contribution is 2.35. The molecule has 0 aliphatic carbocycles. The molecule has 0 aliphatic heterocycles. The Morgan fingerprint density at radius 3 is 2.15 bits per heavy atom. The summed E-state index contributed by atoms with van der Waals surface area (Å²) in [6, 6.07) is 16.4. The molecule has 4 rings (SSSR count). The summed E-state index contributed by atoms with van der Waals surface area (Å²) in [7, 11) is 0. The van der Waals surface area contributed by atoms with E-state index in [-0.39, 0.29) is 33.3 Å². The van der Waals surface area contributed by atoms with E-state index in [9.17, 15) is 31.1 Å². The van der Waals surface area contributed by atoms with Gasteiger partial charge in [0.1, 0.15) is 0 Å². The highest BCUT2D eigenvalue weighted by molar-refractivity contribution is 6.07. The van der Waals surface area contributed by atoms with Crippen LogP contribution in [0.25, 0.3) is 22.2 Å². The number of amides is 1. The minimum atomic E-state index is -4.77. The Balaban J connectivity index is 1.80. The molecule has 34 heavy (non-hydrogen) atoms. The highest BCUT2D eigenvalue weighted by Gasteiger charge is 2.42. The molecule has 174 valence electrons. The third-order valence-corrected chi connectivity index (χ3v) is 5.18. The Labute approximate surface area is 190 Å². The summed E-state index contributed by atoms with van der Waals surface area (Å²) < 4.78 is 80.8. The zero-order valence-electron chi connectivity index (χ0n) is 17.3. The first kappa shape index (κ1) is 23.3. The molecule has 4 aromatic rings. The Bertz CT molecular complexity index is 1330. The zero-order chi connectivity index (χ0) is 24.5. The third-order valence-electron chi connectivity index (χ3n) is 5.18. The van der Waals surface area contributed by atoms with Gasteiger partial charge in [-0.15, -0.1) is 0 Å². The van der Waals surface area contributed by atoms with Crippen molar-refractivity contribution in [3.05, 3.63) is 102 Å². The lowest BCUT2D eigenvalue weighted by Gasteiger charge is -2.22. The van der Waals surface area contributed by atoms with Crippen LogP contribution in [0.2, 0.25) is 0 Å². The molecule has 3 aromatic carbocycles. The monoisotopic (exact) mass is 474 g/mol. The van der Waals surface area contributed by atoms with Crippen LogP contribution < -0.4 is 5.32 Å². The maximum Gasteiger partial charge on any atom is 0.416 e. The van der Waals surface area contributed by atoms with Crippen molar-refractivity contribution in [1.82, 2.24) is 10.3 Å². The van der Waals surface area contributed by atoms with Crippen LogP contribution in [0.3, 0.4) is 0 Å². The molecular weight excluding hydrogens is 458 g/mol. The van der Waals surface area contributed by atoms with Gasteiger partial charge in [0.2, 0.25) is 0 Å². The molecule has 0 radical (unpaired) electrons. The lowest BCUT2D eigenvalue weighted by molar-refractivity contribution is -0.155. The first-order valence-electron chi connectivity index (χ1n) is 10.0. The predicted molar refractivity (Wildman–Crippen MR) is 115 cm³/mol. The van der Waals surface area contributed by atoms with Gasteiger partial charge in [0.15, 0.2) is 6.04 Å². The average molecular weight is 474 g/mol. The van der Waals surface area contributed by atoms with Crippen LogP contribution in [0, 0.1) is 0 Å². The molecule has 0 saturated carbocycles. The number of pyridine rings is 1. The number of rotatable bonds is 4. The number of carbonyl (C=O) groups is 1. The van der Waals surface area contributed by atoms with Gasteiger partial charge in [-0.3, -0.25) is 4.79 Å². The van der Waals surface area contributed by atoms with Crippen LogP contribution in [-0.2, 0) is 6.18 Å². The van der Waals surface area contributed by atoms with Crippen molar-refractivity contribution in [2.45, 2.75) is 18.4 Å². The number of halogens is 6. The second-order valence-corrected chi connectivity index (χ2v) is 7.51. The molecule has 0 bridgehead atoms. The van der Waals surface area contributed by atoms with Crippen LogP contribution in [0.4, 0.5) is 26.3 Å². The molecule has 9 heteroatoms. The highest BCUT2D eigenvalue weighted by atomic mass is 19.4. The van der Waals surface area contributed by atoms with Gasteiger partial charge in [-0.05, 0) is 29.8 Å². The van der Waals surface area contributed by atoms with Gasteiger partial charge >= 0.3 is 12.4 Å². The van der Waals surface area contributed by atoms with Crippen molar-refractivity contribution in [2.24, 2.45) is 0 Å². The van der Waals surface area contributed by atoms with E-state index in [1.165, 1.54) is 54.6 Å². The summed E-state index contributed by atoms with van der Waals surface area (Å²) in [6.07, 6.45) is -9.37. The smallest absolute Gasteiger partial charge is 0.337 e. The molecule has 0 fully saturated rings. The molecular formula is C25H16F6N2O. The summed E-state index contributed by atoms with van der Waals surface area (Å²) >= 11 is 0. The van der Waals surface area contributed by atoms with Crippen LogP contribution in [0.1, 0.15) is 27.5 Å². The van der Waals surface area contributed by atoms with E-state index < -0.39 is 29.9 Å². The van der Waals surface area contributed by atoms with Gasteiger partial charge in [-0.1, -0.05) is 60.7 Å². The fourth-order valence-corrected chi connectivity index (χ4v) is 3.57. The third kappa shape index (κ3) is 4.88. The van der Waals surface area contributed by atoms with Crippen molar-refractivity contribution in [2.75, 3.05) is 0 Å². The summed E-state index contributed by atoms with van der Waals surface area (Å²) in [4.78, 5) is 17.4. The molecule has 1 atom stereocenters. The average Bonchev–Trinajstić information content (AvgIpc) is 2.81. The molecule has 1 N–H and O–H groups in total. The largest absolute Gasteiger partial charge is 0.416 e. The summed E-state index contributed by atoms with van der Waals surface area (Å²) in [6.45, 7) is 0. The van der Waals surface area contributed by atoms with Crippen molar-refractivity contribution in [1.29, 1.82) is 0 Å². The minimum absolute atomic E-state index is 0.0261. The standard InChI is InChI=1S/C25H16F6N2O/c26-24(27,28)17-10-6-9-16(13-17)21-14-19(18-11-4-5-12-20(18)32-21)23(34)33-22(25(29,30)31)15-7-2-1-3-8-15/h1-14,22H,(H,33,34)/t22-/m1/s1. The zero-order valence-corrected chi connectivity index (χ0v) is 17.3. The second-order valence-electron chi connectivity index (χ2n) is 7.51. The van der Waals surface area contributed by atoms with Gasteiger partial charge < -0.3 is 5.32 Å². The predicted octanol–water partition coefficient (Wildman–Crippen LogP) is 6.95. The van der Waals surface area contributed by atoms with Crippen molar-refractivity contribution < 1.29 is 31.1 Å². The van der Waals surface area contributed by atoms with Gasteiger partial charge in [0.05, 0.1) is 22.3 Å². The summed E-state index contributed by atoms with van der Waals surface area (Å²) in [5, 5.41) is 2.29. The molecule has 0 saturated heterocycles. The molecule has 1 heterocycles. The number of aromatic nitrogens is 1. The molecule has 1 amide bonds. The normalized spacial score (nSPS) is 13.0. The van der Waals surface area contributed by atoms with Crippen LogP contribution in [0.15, 0.2) is 84.9 Å². The Morgan fingerprint density at radius 2 is 1.47 bits per heavy atom. The number of fused-ring (bicyclic) bond motifs is 1. The fourth-order valence-electron chi connectivity index (χ4n) is 3.57. The van der Waals surface area contributed by atoms with Crippen LogP contribution in [0.5, 0.6) is 0 Å². The van der Waals surface area contributed by atoms with Gasteiger partial charge in [0.25, 0.3) is 5.91 Å². The van der Waals surface area contributed by atoms with Gasteiger partial charge in [-0.2, -0.15) is 26.3 Å².